The lowest BCUT2D eigenvalue weighted by Gasteiger charge is -2.31. The fourth-order valence-electron chi connectivity index (χ4n) is 4.48. The molecule has 36 heavy (non-hydrogen) atoms. The average molecular weight is 482 g/mol. The molecule has 1 amide bonds. The number of rotatable bonds is 9. The van der Waals surface area contributed by atoms with Crippen molar-refractivity contribution in [2.24, 2.45) is 0 Å². The van der Waals surface area contributed by atoms with Gasteiger partial charge in [0.15, 0.2) is 0 Å². The van der Waals surface area contributed by atoms with Crippen LogP contribution in [0.4, 0.5) is 0 Å². The van der Waals surface area contributed by atoms with E-state index in [0.29, 0.717) is 24.2 Å². The molecule has 3 aromatic carbocycles. The number of amides is 1. The van der Waals surface area contributed by atoms with Crippen molar-refractivity contribution in [1.82, 2.24) is 14.7 Å². The van der Waals surface area contributed by atoms with Crippen LogP contribution in [0.5, 0.6) is 0 Å². The second-order valence-corrected chi connectivity index (χ2v) is 9.18. The molecule has 0 radical (unpaired) electrons. The Labute approximate surface area is 212 Å². The van der Waals surface area contributed by atoms with Crippen LogP contribution >= 0.6 is 0 Å². The minimum atomic E-state index is -0.316. The second kappa shape index (κ2) is 11.1. The van der Waals surface area contributed by atoms with E-state index in [9.17, 15) is 14.4 Å². The molecule has 6 nitrogen and oxygen atoms in total. The smallest absolute Gasteiger partial charge is 0.241 e. The number of likely N-dealkylation sites (N-methyl/N-ethyl adjacent to an activating group) is 2. The minimum absolute atomic E-state index is 0.117. The number of hydrogen-bond acceptors (Lipinski definition) is 5. The van der Waals surface area contributed by atoms with Gasteiger partial charge in [-0.25, -0.2) is 0 Å². The zero-order valence-electron chi connectivity index (χ0n) is 21.0. The Morgan fingerprint density at radius 1 is 0.667 bits per heavy atom. The Kier molecular flexibility index (Phi) is 7.76. The predicted octanol–water partition coefficient (Wildman–Crippen LogP) is 4.04. The standard InChI is InChI=1S/C30H31N3O3/c1-31(2)27-28(30(36)25-17-11-10-16-24(25)29(27)35)32(3)26(34)21-33(20-23-14-8-5-9-15-23)19-18-22-12-6-4-7-13-22/h4-17H,18-21H2,1-3H3. The van der Waals surface area contributed by atoms with Crippen molar-refractivity contribution in [3.63, 3.8) is 0 Å². The first-order chi connectivity index (χ1) is 17.4. The van der Waals surface area contributed by atoms with Crippen LogP contribution in [-0.4, -0.2) is 66.4 Å². The number of allylic oxidation sites excluding steroid dienone is 2. The van der Waals surface area contributed by atoms with E-state index in [-0.39, 0.29) is 35.4 Å². The summed E-state index contributed by atoms with van der Waals surface area (Å²) in [5.74, 6) is -0.812. The van der Waals surface area contributed by atoms with Gasteiger partial charge in [-0.05, 0) is 17.5 Å². The zero-order chi connectivity index (χ0) is 25.7. The van der Waals surface area contributed by atoms with Crippen LogP contribution < -0.4 is 0 Å². The third-order valence-corrected chi connectivity index (χ3v) is 6.39. The fraction of sp³-hybridized carbons (Fsp3) is 0.233. The first kappa shape index (κ1) is 25.1. The van der Waals surface area contributed by atoms with Gasteiger partial charge < -0.3 is 9.80 Å². The van der Waals surface area contributed by atoms with Crippen LogP contribution in [-0.2, 0) is 17.8 Å². The number of carbonyl (C=O) groups is 3. The van der Waals surface area contributed by atoms with Crippen LogP contribution in [0.1, 0.15) is 31.8 Å². The van der Waals surface area contributed by atoms with Crippen molar-refractivity contribution < 1.29 is 14.4 Å². The predicted molar refractivity (Wildman–Crippen MR) is 140 cm³/mol. The van der Waals surface area contributed by atoms with Crippen molar-refractivity contribution in [3.05, 3.63) is 119 Å². The van der Waals surface area contributed by atoms with E-state index >= 15 is 0 Å². The third-order valence-electron chi connectivity index (χ3n) is 6.39. The molecule has 0 N–H and O–H groups in total. The van der Waals surface area contributed by atoms with E-state index in [1.54, 1.807) is 50.3 Å². The Morgan fingerprint density at radius 3 is 1.72 bits per heavy atom. The SMILES string of the molecule is CN(C)C1=C(N(C)C(=O)CN(CCc2ccccc2)Cc2ccccc2)C(=O)c2ccccc2C1=O. The normalized spacial score (nSPS) is 13.1. The van der Waals surface area contributed by atoms with E-state index in [2.05, 4.69) is 17.0 Å². The van der Waals surface area contributed by atoms with Crippen LogP contribution in [0.3, 0.4) is 0 Å². The summed E-state index contributed by atoms with van der Waals surface area (Å²) in [5.41, 5.74) is 3.34. The van der Waals surface area contributed by atoms with Crippen molar-refractivity contribution in [2.75, 3.05) is 34.2 Å². The van der Waals surface area contributed by atoms with Crippen LogP contribution in [0, 0.1) is 0 Å². The number of ketones is 2. The van der Waals surface area contributed by atoms with Crippen LogP contribution in [0.15, 0.2) is 96.3 Å². The summed E-state index contributed by atoms with van der Waals surface area (Å²) in [6.07, 6.45) is 0.793. The van der Waals surface area contributed by atoms with E-state index in [0.717, 1.165) is 12.0 Å². The minimum Gasteiger partial charge on any atom is -0.373 e. The molecule has 1 aliphatic rings. The third kappa shape index (κ3) is 5.44. The maximum absolute atomic E-state index is 13.6. The second-order valence-electron chi connectivity index (χ2n) is 9.18. The Morgan fingerprint density at radius 2 is 1.17 bits per heavy atom. The summed E-state index contributed by atoms with van der Waals surface area (Å²) < 4.78 is 0. The van der Waals surface area contributed by atoms with Crippen molar-refractivity contribution in [1.29, 1.82) is 0 Å². The first-order valence-electron chi connectivity index (χ1n) is 12.0. The van der Waals surface area contributed by atoms with Crippen molar-refractivity contribution >= 4 is 17.5 Å². The molecular formula is C30H31N3O3. The van der Waals surface area contributed by atoms with E-state index in [1.165, 1.54) is 10.5 Å². The Hall–Kier alpha value is -4.03. The molecule has 3 aromatic rings. The summed E-state index contributed by atoms with van der Waals surface area (Å²) in [4.78, 5) is 45.3. The number of nitrogens with zero attached hydrogens (tertiary/aromatic N) is 3. The number of hydrogen-bond donors (Lipinski definition) is 0. The van der Waals surface area contributed by atoms with Gasteiger partial charge in [0.2, 0.25) is 17.5 Å². The Balaban J connectivity index is 1.59. The van der Waals surface area contributed by atoms with Gasteiger partial charge >= 0.3 is 0 Å². The molecule has 0 saturated carbocycles. The lowest BCUT2D eigenvalue weighted by Crippen LogP contribution is -2.43. The number of Topliss-reactive ketones (excluding diaryl/α,β-unsaturated/α-hetero) is 2. The fourth-order valence-corrected chi connectivity index (χ4v) is 4.48. The lowest BCUT2D eigenvalue weighted by atomic mass is 9.89. The summed E-state index contributed by atoms with van der Waals surface area (Å²) in [6.45, 7) is 1.39. The molecular weight excluding hydrogens is 450 g/mol. The molecule has 0 spiro atoms. The molecule has 0 aromatic heterocycles. The van der Waals surface area contributed by atoms with E-state index in [1.807, 2.05) is 48.5 Å². The highest BCUT2D eigenvalue weighted by molar-refractivity contribution is 6.27. The molecule has 0 unspecified atom stereocenters. The summed E-state index contributed by atoms with van der Waals surface area (Å²) >= 11 is 0. The van der Waals surface area contributed by atoms with Gasteiger partial charge in [0.1, 0.15) is 11.4 Å². The quantitative estimate of drug-likeness (QED) is 0.462. The van der Waals surface area contributed by atoms with E-state index in [4.69, 9.17) is 0 Å². The molecule has 6 heteroatoms. The van der Waals surface area contributed by atoms with Gasteiger partial charge in [0.25, 0.3) is 0 Å². The summed E-state index contributed by atoms with van der Waals surface area (Å²) in [5, 5.41) is 0. The number of fused-ring (bicyclic) bond motifs is 1. The molecule has 1 aliphatic carbocycles. The molecule has 4 rings (SSSR count). The topological polar surface area (TPSA) is 60.9 Å². The van der Waals surface area contributed by atoms with Crippen molar-refractivity contribution in [3.8, 4) is 0 Å². The summed E-state index contributed by atoms with van der Waals surface area (Å²) in [6, 6.07) is 26.9. The molecule has 0 saturated heterocycles. The highest BCUT2D eigenvalue weighted by atomic mass is 16.2. The van der Waals surface area contributed by atoms with Gasteiger partial charge in [0.05, 0.1) is 6.54 Å². The molecule has 184 valence electrons. The largest absolute Gasteiger partial charge is 0.373 e. The average Bonchev–Trinajstić information content (AvgIpc) is 2.89. The highest BCUT2D eigenvalue weighted by Crippen LogP contribution is 2.29. The van der Waals surface area contributed by atoms with Gasteiger partial charge in [-0.2, -0.15) is 0 Å². The van der Waals surface area contributed by atoms with Gasteiger partial charge in [-0.15, -0.1) is 0 Å². The van der Waals surface area contributed by atoms with Crippen LogP contribution in [0.2, 0.25) is 0 Å². The first-order valence-corrected chi connectivity index (χ1v) is 12.0. The molecule has 0 aliphatic heterocycles. The van der Waals surface area contributed by atoms with Crippen LogP contribution in [0.25, 0.3) is 0 Å². The van der Waals surface area contributed by atoms with Gasteiger partial charge in [0, 0.05) is 45.4 Å². The number of benzene rings is 3. The molecule has 0 heterocycles. The highest BCUT2D eigenvalue weighted by Gasteiger charge is 2.37. The lowest BCUT2D eigenvalue weighted by molar-refractivity contribution is -0.129. The maximum atomic E-state index is 13.6. The Bertz CT molecular complexity index is 1280. The molecule has 0 atom stereocenters. The van der Waals surface area contributed by atoms with Gasteiger partial charge in [-0.3, -0.25) is 19.3 Å². The molecule has 0 fully saturated rings. The van der Waals surface area contributed by atoms with Crippen molar-refractivity contribution in [2.45, 2.75) is 13.0 Å². The summed E-state index contributed by atoms with van der Waals surface area (Å²) in [7, 11) is 5.01. The number of carbonyl (C=O) groups excluding carboxylic acids is 3. The van der Waals surface area contributed by atoms with E-state index < -0.39 is 0 Å². The zero-order valence-corrected chi connectivity index (χ0v) is 21.0. The maximum Gasteiger partial charge on any atom is 0.241 e. The molecule has 0 bridgehead atoms. The van der Waals surface area contributed by atoms with Gasteiger partial charge in [-0.1, -0.05) is 84.9 Å². The monoisotopic (exact) mass is 481 g/mol.